The summed E-state index contributed by atoms with van der Waals surface area (Å²) in [5, 5.41) is 6.39. The number of carbonyl (C=O) groups is 1. The fourth-order valence-electron chi connectivity index (χ4n) is 3.27. The van der Waals surface area contributed by atoms with Gasteiger partial charge in [0.05, 0.1) is 12.8 Å². The predicted octanol–water partition coefficient (Wildman–Crippen LogP) is 4.09. The molecular formula is C23H22N4O3S. The zero-order chi connectivity index (χ0) is 22.0. The van der Waals surface area contributed by atoms with Crippen molar-refractivity contribution in [1.29, 1.82) is 0 Å². The summed E-state index contributed by atoms with van der Waals surface area (Å²) < 4.78 is 6.55. The second-order valence-electron chi connectivity index (χ2n) is 7.11. The predicted molar refractivity (Wildman–Crippen MR) is 122 cm³/mol. The van der Waals surface area contributed by atoms with Crippen LogP contribution in [0.2, 0.25) is 0 Å². The van der Waals surface area contributed by atoms with Gasteiger partial charge >= 0.3 is 0 Å². The molecule has 1 amide bonds. The molecule has 4 aromatic rings. The molecule has 7 nitrogen and oxygen atoms in total. The Hall–Kier alpha value is -3.65. The number of ether oxygens (including phenoxy) is 1. The molecule has 0 radical (unpaired) electrons. The van der Waals surface area contributed by atoms with Crippen LogP contribution in [0.3, 0.4) is 0 Å². The van der Waals surface area contributed by atoms with Gasteiger partial charge in [-0.3, -0.25) is 14.7 Å². The van der Waals surface area contributed by atoms with Gasteiger partial charge in [-0.05, 0) is 43.7 Å². The molecule has 8 heteroatoms. The molecule has 0 atom stereocenters. The van der Waals surface area contributed by atoms with Crippen molar-refractivity contribution < 1.29 is 9.53 Å². The first-order valence-corrected chi connectivity index (χ1v) is 10.6. The minimum absolute atomic E-state index is 0.155. The first kappa shape index (κ1) is 20.6. The minimum Gasteiger partial charge on any atom is -0.497 e. The van der Waals surface area contributed by atoms with Gasteiger partial charge in [0.15, 0.2) is 0 Å². The van der Waals surface area contributed by atoms with Crippen LogP contribution in [0.4, 0.5) is 5.69 Å². The van der Waals surface area contributed by atoms with E-state index >= 15 is 0 Å². The van der Waals surface area contributed by atoms with Crippen LogP contribution in [0, 0.1) is 13.8 Å². The van der Waals surface area contributed by atoms with Crippen molar-refractivity contribution >= 4 is 22.9 Å². The van der Waals surface area contributed by atoms with E-state index in [0.29, 0.717) is 39.1 Å². The molecule has 2 aromatic heterocycles. The van der Waals surface area contributed by atoms with Crippen molar-refractivity contribution in [2.45, 2.75) is 20.3 Å². The van der Waals surface area contributed by atoms with Crippen LogP contribution in [0.25, 0.3) is 5.13 Å². The number of hydrogen-bond acceptors (Lipinski definition) is 5. The standard InChI is InChI=1S/C23H22N4O3S/c1-14-19(13-16-7-5-4-6-8-16)22(29)27(26-14)23-24-15(2)20(31-23)21(28)25-17-9-11-18(30-3)12-10-17/h4-12,26H,13H2,1-3H3,(H,25,28). The first-order chi connectivity index (χ1) is 15.0. The van der Waals surface area contributed by atoms with Gasteiger partial charge in [0.2, 0.25) is 5.13 Å². The largest absolute Gasteiger partial charge is 0.497 e. The zero-order valence-electron chi connectivity index (χ0n) is 17.4. The monoisotopic (exact) mass is 434 g/mol. The molecule has 0 bridgehead atoms. The van der Waals surface area contributed by atoms with E-state index in [-0.39, 0.29) is 11.5 Å². The number of nitrogens with one attached hydrogen (secondary N) is 2. The highest BCUT2D eigenvalue weighted by molar-refractivity contribution is 7.16. The van der Waals surface area contributed by atoms with Gasteiger partial charge in [0.25, 0.3) is 11.5 Å². The SMILES string of the molecule is COc1ccc(NC(=O)c2sc(-n3[nH]c(C)c(Cc4ccccc4)c3=O)nc2C)cc1. The molecule has 2 N–H and O–H groups in total. The maximum atomic E-state index is 13.0. The summed E-state index contributed by atoms with van der Waals surface area (Å²) in [6, 6.07) is 16.9. The molecule has 0 spiro atoms. The molecule has 0 fully saturated rings. The van der Waals surface area contributed by atoms with Crippen molar-refractivity contribution in [3.63, 3.8) is 0 Å². The Balaban J connectivity index is 1.59. The number of amides is 1. The lowest BCUT2D eigenvalue weighted by Gasteiger charge is -2.05. The number of nitrogens with zero attached hydrogens (tertiary/aromatic N) is 2. The van der Waals surface area contributed by atoms with Crippen LogP contribution in [-0.4, -0.2) is 27.8 Å². The third-order valence-electron chi connectivity index (χ3n) is 4.95. The Morgan fingerprint density at radius 2 is 1.84 bits per heavy atom. The molecule has 0 aliphatic rings. The molecule has 0 saturated heterocycles. The van der Waals surface area contributed by atoms with Gasteiger partial charge in [0.1, 0.15) is 10.6 Å². The number of aromatic amines is 1. The number of thiazole rings is 1. The molecule has 158 valence electrons. The quantitative estimate of drug-likeness (QED) is 0.478. The third kappa shape index (κ3) is 4.29. The van der Waals surface area contributed by atoms with Crippen molar-refractivity contribution in [1.82, 2.24) is 14.8 Å². The Kier molecular flexibility index (Phi) is 5.73. The number of methoxy groups -OCH3 is 1. The maximum absolute atomic E-state index is 13.0. The van der Waals surface area contributed by atoms with Crippen molar-refractivity contribution in [3.8, 4) is 10.9 Å². The Labute approximate surface area is 183 Å². The molecule has 2 heterocycles. The number of hydrogen-bond donors (Lipinski definition) is 2. The summed E-state index contributed by atoms with van der Waals surface area (Å²) in [5.41, 5.74) is 3.59. The highest BCUT2D eigenvalue weighted by Gasteiger charge is 2.20. The van der Waals surface area contributed by atoms with E-state index in [1.807, 2.05) is 37.3 Å². The molecule has 0 aliphatic heterocycles. The van der Waals surface area contributed by atoms with Crippen LogP contribution >= 0.6 is 11.3 Å². The third-order valence-corrected chi connectivity index (χ3v) is 6.09. The van der Waals surface area contributed by atoms with E-state index in [9.17, 15) is 9.59 Å². The smallest absolute Gasteiger partial charge is 0.277 e. The Morgan fingerprint density at radius 1 is 1.13 bits per heavy atom. The van der Waals surface area contributed by atoms with E-state index in [0.717, 1.165) is 11.3 Å². The van der Waals surface area contributed by atoms with Crippen LogP contribution in [0.1, 0.15) is 32.2 Å². The zero-order valence-corrected chi connectivity index (χ0v) is 18.2. The summed E-state index contributed by atoms with van der Waals surface area (Å²) >= 11 is 1.17. The van der Waals surface area contributed by atoms with Gasteiger partial charge in [-0.1, -0.05) is 41.7 Å². The summed E-state index contributed by atoms with van der Waals surface area (Å²) in [6.07, 6.45) is 0.532. The number of rotatable bonds is 6. The lowest BCUT2D eigenvalue weighted by molar-refractivity contribution is 0.103. The average molecular weight is 435 g/mol. The number of aromatic nitrogens is 3. The number of aryl methyl sites for hydroxylation is 2. The minimum atomic E-state index is -0.271. The normalized spacial score (nSPS) is 10.8. The highest BCUT2D eigenvalue weighted by Crippen LogP contribution is 2.23. The van der Waals surface area contributed by atoms with Crippen LogP contribution in [0.15, 0.2) is 59.4 Å². The van der Waals surface area contributed by atoms with E-state index in [1.54, 1.807) is 38.3 Å². The Morgan fingerprint density at radius 3 is 2.52 bits per heavy atom. The Bertz CT molecular complexity index is 1270. The summed E-state index contributed by atoms with van der Waals surface area (Å²) in [5.74, 6) is 0.439. The van der Waals surface area contributed by atoms with Gasteiger partial charge in [0, 0.05) is 23.4 Å². The van der Waals surface area contributed by atoms with Crippen molar-refractivity contribution in [2.75, 3.05) is 12.4 Å². The lowest BCUT2D eigenvalue weighted by Crippen LogP contribution is -2.17. The summed E-state index contributed by atoms with van der Waals surface area (Å²) in [6.45, 7) is 3.63. The van der Waals surface area contributed by atoms with Crippen molar-refractivity contribution in [2.24, 2.45) is 0 Å². The fraction of sp³-hybridized carbons (Fsp3) is 0.174. The van der Waals surface area contributed by atoms with Gasteiger partial charge < -0.3 is 10.1 Å². The van der Waals surface area contributed by atoms with Crippen LogP contribution < -0.4 is 15.6 Å². The average Bonchev–Trinajstić information content (AvgIpc) is 3.29. The molecule has 31 heavy (non-hydrogen) atoms. The number of benzene rings is 2. The van der Waals surface area contributed by atoms with Crippen molar-refractivity contribution in [3.05, 3.63) is 92.3 Å². The second-order valence-corrected chi connectivity index (χ2v) is 8.09. The number of carbonyl (C=O) groups excluding carboxylic acids is 1. The molecular weight excluding hydrogens is 412 g/mol. The van der Waals surface area contributed by atoms with E-state index < -0.39 is 0 Å². The topological polar surface area (TPSA) is 89.0 Å². The maximum Gasteiger partial charge on any atom is 0.277 e. The second kappa shape index (κ2) is 8.61. The van der Waals surface area contributed by atoms with Gasteiger partial charge in [-0.15, -0.1) is 0 Å². The molecule has 0 unspecified atom stereocenters. The molecule has 4 rings (SSSR count). The summed E-state index contributed by atoms with van der Waals surface area (Å²) in [7, 11) is 1.59. The fourth-order valence-corrected chi connectivity index (χ4v) is 4.20. The number of anilines is 1. The van der Waals surface area contributed by atoms with E-state index in [4.69, 9.17) is 4.74 Å². The van der Waals surface area contributed by atoms with Crippen LogP contribution in [-0.2, 0) is 6.42 Å². The lowest BCUT2D eigenvalue weighted by atomic mass is 10.1. The first-order valence-electron chi connectivity index (χ1n) is 9.74. The van der Waals surface area contributed by atoms with E-state index in [1.165, 1.54) is 16.0 Å². The molecule has 0 aliphatic carbocycles. The number of H-pyrrole nitrogens is 1. The highest BCUT2D eigenvalue weighted by atomic mass is 32.1. The molecule has 2 aromatic carbocycles. The van der Waals surface area contributed by atoms with Crippen LogP contribution in [0.5, 0.6) is 5.75 Å². The summed E-state index contributed by atoms with van der Waals surface area (Å²) in [4.78, 5) is 30.7. The van der Waals surface area contributed by atoms with Gasteiger partial charge in [-0.25, -0.2) is 4.98 Å². The molecule has 0 saturated carbocycles. The van der Waals surface area contributed by atoms with Gasteiger partial charge in [-0.2, -0.15) is 4.68 Å². The van der Waals surface area contributed by atoms with E-state index in [2.05, 4.69) is 15.4 Å².